The van der Waals surface area contributed by atoms with Crippen molar-refractivity contribution >= 4 is 17.7 Å². The van der Waals surface area contributed by atoms with Crippen LogP contribution in [0.5, 0.6) is 0 Å². The number of amides is 1. The minimum atomic E-state index is 0.0289. The molecule has 0 aromatic rings. The fourth-order valence-corrected chi connectivity index (χ4v) is 2.53. The van der Waals surface area contributed by atoms with Crippen LogP contribution in [0.3, 0.4) is 0 Å². The van der Waals surface area contributed by atoms with Crippen LogP contribution < -0.4 is 5.32 Å². The Balaban J connectivity index is 2.46. The highest BCUT2D eigenvalue weighted by Gasteiger charge is 2.28. The van der Waals surface area contributed by atoms with Crippen LogP contribution in [0.4, 0.5) is 0 Å². The zero-order chi connectivity index (χ0) is 12.0. The van der Waals surface area contributed by atoms with Gasteiger partial charge in [0.2, 0.25) is 5.91 Å². The first-order valence-electron chi connectivity index (χ1n) is 5.90. The van der Waals surface area contributed by atoms with Crippen molar-refractivity contribution in [2.75, 3.05) is 51.8 Å². The molecule has 1 saturated heterocycles. The summed E-state index contributed by atoms with van der Waals surface area (Å²) in [7, 11) is 3.66. The van der Waals surface area contributed by atoms with E-state index in [1.54, 1.807) is 4.90 Å². The molecule has 0 aliphatic carbocycles. The summed E-state index contributed by atoms with van der Waals surface area (Å²) >= 11 is 1.94. The number of hydrogen-bond donors (Lipinski definition) is 1. The van der Waals surface area contributed by atoms with Gasteiger partial charge < -0.3 is 10.2 Å². The molecule has 1 amide bonds. The van der Waals surface area contributed by atoms with Crippen molar-refractivity contribution in [3.05, 3.63) is 0 Å². The molecular formula is C11H23N3OS. The van der Waals surface area contributed by atoms with Gasteiger partial charge >= 0.3 is 0 Å². The van der Waals surface area contributed by atoms with Gasteiger partial charge in [-0.3, -0.25) is 9.69 Å². The largest absolute Gasteiger partial charge is 0.347 e. The molecule has 1 atom stereocenters. The predicted octanol–water partition coefficient (Wildman–Crippen LogP) is 0.102. The minimum Gasteiger partial charge on any atom is -0.347 e. The summed E-state index contributed by atoms with van der Waals surface area (Å²) in [6.07, 6.45) is 0. The highest BCUT2D eigenvalue weighted by atomic mass is 32.2. The second-order valence-electron chi connectivity index (χ2n) is 4.19. The molecule has 16 heavy (non-hydrogen) atoms. The standard InChI is InChI=1S/C11H23N3OS/c1-4-16-8-7-14-6-5-12-9-10(14)11(15)13(2)3/h10,12H,4-9H2,1-3H3. The maximum absolute atomic E-state index is 12.0. The van der Waals surface area contributed by atoms with Crippen molar-refractivity contribution in [2.24, 2.45) is 0 Å². The zero-order valence-electron chi connectivity index (χ0n) is 10.5. The van der Waals surface area contributed by atoms with Gasteiger partial charge in [0.15, 0.2) is 0 Å². The van der Waals surface area contributed by atoms with Crippen molar-refractivity contribution in [3.63, 3.8) is 0 Å². The molecule has 4 nitrogen and oxygen atoms in total. The van der Waals surface area contributed by atoms with Gasteiger partial charge in [0.05, 0.1) is 0 Å². The summed E-state index contributed by atoms with van der Waals surface area (Å²) in [5.41, 5.74) is 0. The lowest BCUT2D eigenvalue weighted by molar-refractivity contribution is -0.134. The molecule has 0 bridgehead atoms. The average molecular weight is 245 g/mol. The van der Waals surface area contributed by atoms with Gasteiger partial charge in [-0.1, -0.05) is 6.92 Å². The summed E-state index contributed by atoms with van der Waals surface area (Å²) in [6.45, 7) is 5.95. The molecule has 1 fully saturated rings. The molecule has 1 N–H and O–H groups in total. The van der Waals surface area contributed by atoms with E-state index in [2.05, 4.69) is 17.1 Å². The van der Waals surface area contributed by atoms with Crippen LogP contribution in [0.25, 0.3) is 0 Å². The van der Waals surface area contributed by atoms with Crippen molar-refractivity contribution in [1.29, 1.82) is 0 Å². The smallest absolute Gasteiger partial charge is 0.240 e. The number of hydrogen-bond acceptors (Lipinski definition) is 4. The number of thioether (sulfide) groups is 1. The molecule has 1 unspecified atom stereocenters. The Kier molecular flexibility index (Phi) is 6.16. The van der Waals surface area contributed by atoms with E-state index in [1.165, 1.54) is 0 Å². The van der Waals surface area contributed by atoms with Crippen molar-refractivity contribution in [1.82, 2.24) is 15.1 Å². The monoisotopic (exact) mass is 245 g/mol. The topological polar surface area (TPSA) is 35.6 Å². The first kappa shape index (κ1) is 13.8. The summed E-state index contributed by atoms with van der Waals surface area (Å²) in [5.74, 6) is 2.49. The Morgan fingerprint density at radius 3 is 2.94 bits per heavy atom. The van der Waals surface area contributed by atoms with Crippen molar-refractivity contribution in [2.45, 2.75) is 13.0 Å². The number of likely N-dealkylation sites (N-methyl/N-ethyl adjacent to an activating group) is 1. The first-order chi connectivity index (χ1) is 7.66. The minimum absolute atomic E-state index is 0.0289. The molecular weight excluding hydrogens is 222 g/mol. The summed E-state index contributed by atoms with van der Waals surface area (Å²) < 4.78 is 0. The van der Waals surface area contributed by atoms with E-state index in [9.17, 15) is 4.79 Å². The average Bonchev–Trinajstić information content (AvgIpc) is 2.29. The molecule has 94 valence electrons. The van der Waals surface area contributed by atoms with Gasteiger partial charge in [-0.2, -0.15) is 11.8 Å². The fourth-order valence-electron chi connectivity index (χ4n) is 1.88. The summed E-state index contributed by atoms with van der Waals surface area (Å²) in [5, 5.41) is 3.30. The normalized spacial score (nSPS) is 22.1. The third kappa shape index (κ3) is 3.96. The molecule has 0 aromatic heterocycles. The van der Waals surface area contributed by atoms with Crippen LogP contribution >= 0.6 is 11.8 Å². The highest BCUT2D eigenvalue weighted by molar-refractivity contribution is 7.99. The van der Waals surface area contributed by atoms with Crippen molar-refractivity contribution < 1.29 is 4.79 Å². The van der Waals surface area contributed by atoms with Crippen molar-refractivity contribution in [3.8, 4) is 0 Å². The van der Waals surface area contributed by atoms with Crippen LogP contribution in [-0.2, 0) is 4.79 Å². The zero-order valence-corrected chi connectivity index (χ0v) is 11.3. The summed E-state index contributed by atoms with van der Waals surface area (Å²) in [4.78, 5) is 16.0. The van der Waals surface area contributed by atoms with E-state index in [0.717, 1.165) is 37.7 Å². The maximum Gasteiger partial charge on any atom is 0.240 e. The van der Waals surface area contributed by atoms with Gasteiger partial charge in [0, 0.05) is 46.0 Å². The van der Waals surface area contributed by atoms with Crippen LogP contribution in [-0.4, -0.2) is 73.5 Å². The van der Waals surface area contributed by atoms with E-state index >= 15 is 0 Å². The Bertz CT molecular complexity index is 223. The molecule has 5 heteroatoms. The number of carbonyl (C=O) groups is 1. The second-order valence-corrected chi connectivity index (χ2v) is 5.58. The van der Waals surface area contributed by atoms with Gasteiger partial charge in [-0.05, 0) is 5.75 Å². The lowest BCUT2D eigenvalue weighted by Crippen LogP contribution is -2.57. The first-order valence-corrected chi connectivity index (χ1v) is 7.06. The lowest BCUT2D eigenvalue weighted by Gasteiger charge is -2.36. The Morgan fingerprint density at radius 2 is 2.31 bits per heavy atom. The molecule has 0 aromatic carbocycles. The van der Waals surface area contributed by atoms with Gasteiger partial charge in [-0.15, -0.1) is 0 Å². The van der Waals surface area contributed by atoms with E-state index in [4.69, 9.17) is 0 Å². The third-order valence-electron chi connectivity index (χ3n) is 2.81. The van der Waals surface area contributed by atoms with Crippen LogP contribution in [0.2, 0.25) is 0 Å². The Morgan fingerprint density at radius 1 is 1.56 bits per heavy atom. The predicted molar refractivity (Wildman–Crippen MR) is 69.9 cm³/mol. The van der Waals surface area contributed by atoms with Gasteiger partial charge in [0.25, 0.3) is 0 Å². The fraction of sp³-hybridized carbons (Fsp3) is 0.909. The van der Waals surface area contributed by atoms with Gasteiger partial charge in [-0.25, -0.2) is 0 Å². The number of nitrogens with zero attached hydrogens (tertiary/aromatic N) is 2. The van der Waals surface area contributed by atoms with E-state index in [0.29, 0.717) is 0 Å². The SMILES string of the molecule is CCSCCN1CCNCC1C(=O)N(C)C. The van der Waals surface area contributed by atoms with E-state index in [-0.39, 0.29) is 11.9 Å². The number of piperazine rings is 1. The maximum atomic E-state index is 12.0. The van der Waals surface area contributed by atoms with E-state index in [1.807, 2.05) is 25.9 Å². The van der Waals surface area contributed by atoms with Crippen LogP contribution in [0.1, 0.15) is 6.92 Å². The third-order valence-corrected chi connectivity index (χ3v) is 3.69. The van der Waals surface area contributed by atoms with Crippen LogP contribution in [0.15, 0.2) is 0 Å². The molecule has 1 aliphatic rings. The Labute approximate surface area is 103 Å². The highest BCUT2D eigenvalue weighted by Crippen LogP contribution is 2.08. The quantitative estimate of drug-likeness (QED) is 0.697. The summed E-state index contributed by atoms with van der Waals surface area (Å²) in [6, 6.07) is 0.0289. The molecule has 1 aliphatic heterocycles. The molecule has 0 spiro atoms. The molecule has 1 rings (SSSR count). The molecule has 0 radical (unpaired) electrons. The molecule has 1 heterocycles. The number of nitrogens with one attached hydrogen (secondary N) is 1. The number of carbonyl (C=O) groups excluding carboxylic acids is 1. The van der Waals surface area contributed by atoms with E-state index < -0.39 is 0 Å². The van der Waals surface area contributed by atoms with Crippen LogP contribution in [0, 0.1) is 0 Å². The number of rotatable bonds is 5. The van der Waals surface area contributed by atoms with Gasteiger partial charge in [0.1, 0.15) is 6.04 Å². The Hall–Kier alpha value is -0.260. The second kappa shape index (κ2) is 7.14. The lowest BCUT2D eigenvalue weighted by atomic mass is 10.1. The molecule has 0 saturated carbocycles.